The summed E-state index contributed by atoms with van der Waals surface area (Å²) < 4.78 is 0. The third-order valence-corrected chi connectivity index (χ3v) is 3.28. The van der Waals surface area contributed by atoms with Crippen LogP contribution in [0, 0.1) is 0 Å². The zero-order chi connectivity index (χ0) is 14.9. The lowest BCUT2D eigenvalue weighted by atomic mass is 10.1. The molecule has 7 heteroatoms. The second kappa shape index (κ2) is 5.30. The number of aliphatic carboxylic acids is 1. The van der Waals surface area contributed by atoms with Crippen LogP contribution in [0.15, 0.2) is 18.2 Å². The van der Waals surface area contributed by atoms with E-state index < -0.39 is 17.9 Å². The Labute approximate surface area is 115 Å². The van der Waals surface area contributed by atoms with Crippen LogP contribution in [-0.2, 0) is 16.0 Å². The molecular formula is C13H15N3O4. The topological polar surface area (TPSA) is 127 Å². The molecule has 0 aliphatic carbocycles. The van der Waals surface area contributed by atoms with Gasteiger partial charge in [-0.3, -0.25) is 14.4 Å². The van der Waals surface area contributed by atoms with Crippen molar-refractivity contribution >= 4 is 23.5 Å². The molecule has 2 rings (SSSR count). The lowest BCUT2D eigenvalue weighted by Crippen LogP contribution is -2.38. The first-order valence-electron chi connectivity index (χ1n) is 6.11. The molecule has 0 unspecified atom stereocenters. The molecule has 0 spiro atoms. The summed E-state index contributed by atoms with van der Waals surface area (Å²) in [4.78, 5) is 35.4. The highest BCUT2D eigenvalue weighted by Gasteiger charge is 2.28. The van der Waals surface area contributed by atoms with Crippen LogP contribution in [-0.4, -0.2) is 35.5 Å². The fraction of sp³-hybridized carbons (Fsp3) is 0.308. The van der Waals surface area contributed by atoms with Gasteiger partial charge in [-0.2, -0.15) is 0 Å². The molecule has 5 N–H and O–H groups in total. The first kappa shape index (κ1) is 14.0. The second-order valence-corrected chi connectivity index (χ2v) is 4.65. The van der Waals surface area contributed by atoms with Gasteiger partial charge in [-0.15, -0.1) is 0 Å². The maximum atomic E-state index is 12.1. The monoisotopic (exact) mass is 277 g/mol. The van der Waals surface area contributed by atoms with Crippen molar-refractivity contribution in [2.24, 2.45) is 11.5 Å². The summed E-state index contributed by atoms with van der Waals surface area (Å²) in [6.45, 7) is 0.447. The lowest BCUT2D eigenvalue weighted by molar-refractivity contribution is -0.140. The van der Waals surface area contributed by atoms with E-state index in [1.165, 1.54) is 4.90 Å². The van der Waals surface area contributed by atoms with E-state index in [2.05, 4.69) is 0 Å². The number of carbonyl (C=O) groups excluding carboxylic acids is 2. The molecule has 1 heterocycles. The van der Waals surface area contributed by atoms with E-state index in [-0.39, 0.29) is 12.3 Å². The zero-order valence-corrected chi connectivity index (χ0v) is 10.7. The van der Waals surface area contributed by atoms with Crippen LogP contribution in [0.25, 0.3) is 0 Å². The molecule has 1 aliphatic heterocycles. The van der Waals surface area contributed by atoms with Gasteiger partial charge >= 0.3 is 5.97 Å². The molecule has 0 fully saturated rings. The van der Waals surface area contributed by atoms with Gasteiger partial charge in [0.05, 0.1) is 6.42 Å². The summed E-state index contributed by atoms with van der Waals surface area (Å²) in [6, 6.07) is 3.68. The van der Waals surface area contributed by atoms with Crippen LogP contribution in [0.2, 0.25) is 0 Å². The molecule has 0 aromatic heterocycles. The van der Waals surface area contributed by atoms with Gasteiger partial charge in [-0.05, 0) is 24.1 Å². The van der Waals surface area contributed by atoms with Crippen molar-refractivity contribution in [3.05, 3.63) is 29.3 Å². The van der Waals surface area contributed by atoms with Crippen LogP contribution < -0.4 is 16.4 Å². The molecule has 0 bridgehead atoms. The highest BCUT2D eigenvalue weighted by atomic mass is 16.4. The van der Waals surface area contributed by atoms with Gasteiger partial charge in [0, 0.05) is 17.8 Å². The Morgan fingerprint density at radius 2 is 2.05 bits per heavy atom. The molecule has 1 aromatic rings. The molecule has 0 saturated heterocycles. The predicted octanol–water partition coefficient (Wildman–Crippen LogP) is -0.523. The van der Waals surface area contributed by atoms with Crippen molar-refractivity contribution in [1.29, 1.82) is 0 Å². The Bertz CT molecular complexity index is 585. The van der Waals surface area contributed by atoms with Crippen LogP contribution >= 0.6 is 0 Å². The van der Waals surface area contributed by atoms with Crippen LogP contribution in [0.3, 0.4) is 0 Å². The van der Waals surface area contributed by atoms with Crippen molar-refractivity contribution < 1.29 is 19.5 Å². The van der Waals surface area contributed by atoms with Gasteiger partial charge in [0.1, 0.15) is 6.04 Å². The minimum atomic E-state index is -1.23. The van der Waals surface area contributed by atoms with E-state index in [0.29, 0.717) is 24.2 Å². The summed E-state index contributed by atoms with van der Waals surface area (Å²) in [5.74, 6) is -2.17. The molecule has 1 atom stereocenters. The third kappa shape index (κ3) is 2.62. The summed E-state index contributed by atoms with van der Waals surface area (Å²) >= 11 is 0. The molecule has 2 amide bonds. The Hall–Kier alpha value is -2.41. The van der Waals surface area contributed by atoms with E-state index in [9.17, 15) is 14.4 Å². The van der Waals surface area contributed by atoms with Gasteiger partial charge in [-0.25, -0.2) is 0 Å². The number of benzene rings is 1. The number of hydrogen-bond acceptors (Lipinski definition) is 4. The number of anilines is 1. The average Bonchev–Trinajstić information content (AvgIpc) is 2.80. The van der Waals surface area contributed by atoms with Crippen LogP contribution in [0.5, 0.6) is 0 Å². The van der Waals surface area contributed by atoms with Gasteiger partial charge < -0.3 is 21.5 Å². The molecule has 0 radical (unpaired) electrons. The maximum Gasteiger partial charge on any atom is 0.321 e. The number of hydrogen-bond donors (Lipinski definition) is 3. The number of primary amides is 1. The van der Waals surface area contributed by atoms with Gasteiger partial charge in [0.25, 0.3) is 0 Å². The van der Waals surface area contributed by atoms with E-state index in [0.717, 1.165) is 5.56 Å². The molecule has 1 aromatic carbocycles. The van der Waals surface area contributed by atoms with Gasteiger partial charge in [0.15, 0.2) is 0 Å². The summed E-state index contributed by atoms with van der Waals surface area (Å²) in [7, 11) is 0. The van der Waals surface area contributed by atoms with E-state index in [1.807, 2.05) is 0 Å². The SMILES string of the molecule is NC(=O)c1ccc2c(c1)N(C(=O)C[C@H](N)C(=O)O)CC2. The smallest absolute Gasteiger partial charge is 0.321 e. The minimum absolute atomic E-state index is 0.282. The minimum Gasteiger partial charge on any atom is -0.480 e. The van der Waals surface area contributed by atoms with Crippen molar-refractivity contribution in [1.82, 2.24) is 0 Å². The Balaban J connectivity index is 2.22. The second-order valence-electron chi connectivity index (χ2n) is 4.65. The molecule has 0 saturated carbocycles. The van der Waals surface area contributed by atoms with Crippen molar-refractivity contribution in [3.8, 4) is 0 Å². The fourth-order valence-electron chi connectivity index (χ4n) is 2.18. The van der Waals surface area contributed by atoms with E-state index in [4.69, 9.17) is 16.6 Å². The Morgan fingerprint density at radius 1 is 1.35 bits per heavy atom. The number of carboxylic acid groups (broad SMARTS) is 1. The maximum absolute atomic E-state index is 12.1. The van der Waals surface area contributed by atoms with Crippen molar-refractivity contribution in [2.75, 3.05) is 11.4 Å². The summed E-state index contributed by atoms with van der Waals surface area (Å²) in [6.07, 6.45) is 0.373. The number of fused-ring (bicyclic) bond motifs is 1. The van der Waals surface area contributed by atoms with Crippen LogP contribution in [0.1, 0.15) is 22.3 Å². The lowest BCUT2D eigenvalue weighted by Gasteiger charge is -2.18. The summed E-state index contributed by atoms with van der Waals surface area (Å²) in [5.41, 5.74) is 12.4. The molecule has 20 heavy (non-hydrogen) atoms. The predicted molar refractivity (Wildman–Crippen MR) is 71.2 cm³/mol. The highest BCUT2D eigenvalue weighted by Crippen LogP contribution is 2.29. The normalized spacial score (nSPS) is 14.8. The first-order chi connectivity index (χ1) is 9.40. The first-order valence-corrected chi connectivity index (χ1v) is 6.11. The highest BCUT2D eigenvalue weighted by molar-refractivity contribution is 6.00. The number of nitrogens with zero attached hydrogens (tertiary/aromatic N) is 1. The van der Waals surface area contributed by atoms with E-state index in [1.54, 1.807) is 18.2 Å². The number of nitrogens with two attached hydrogens (primary N) is 2. The number of carbonyl (C=O) groups is 3. The standard InChI is InChI=1S/C13H15N3O4/c14-9(13(19)20)6-11(17)16-4-3-7-1-2-8(12(15)18)5-10(7)16/h1-2,5,9H,3-4,6,14H2,(H2,15,18)(H,19,20)/t9-/m0/s1. The quantitative estimate of drug-likeness (QED) is 0.682. The Morgan fingerprint density at radius 3 is 2.65 bits per heavy atom. The van der Waals surface area contributed by atoms with Crippen molar-refractivity contribution in [3.63, 3.8) is 0 Å². The van der Waals surface area contributed by atoms with E-state index >= 15 is 0 Å². The number of amides is 2. The van der Waals surface area contributed by atoms with Crippen molar-refractivity contribution in [2.45, 2.75) is 18.9 Å². The molecule has 1 aliphatic rings. The summed E-state index contributed by atoms with van der Waals surface area (Å²) in [5, 5.41) is 8.73. The largest absolute Gasteiger partial charge is 0.480 e. The van der Waals surface area contributed by atoms with Gasteiger partial charge in [0.2, 0.25) is 11.8 Å². The zero-order valence-electron chi connectivity index (χ0n) is 10.7. The molecular weight excluding hydrogens is 262 g/mol. The van der Waals surface area contributed by atoms with Crippen LogP contribution in [0.4, 0.5) is 5.69 Å². The molecule has 106 valence electrons. The third-order valence-electron chi connectivity index (χ3n) is 3.28. The number of carboxylic acids is 1. The fourth-order valence-corrected chi connectivity index (χ4v) is 2.18. The number of rotatable bonds is 4. The Kier molecular flexibility index (Phi) is 3.71. The molecule has 7 nitrogen and oxygen atoms in total. The van der Waals surface area contributed by atoms with Gasteiger partial charge in [-0.1, -0.05) is 6.07 Å². The average molecular weight is 277 g/mol.